The molecule has 0 aliphatic carbocycles. The van der Waals surface area contributed by atoms with Gasteiger partial charge in [0.2, 0.25) is 0 Å². The summed E-state index contributed by atoms with van der Waals surface area (Å²) in [5, 5.41) is 9.17. The van der Waals surface area contributed by atoms with Gasteiger partial charge in [0, 0.05) is 0 Å². The summed E-state index contributed by atoms with van der Waals surface area (Å²) >= 11 is 0. The molecule has 2 aromatic rings. The van der Waals surface area contributed by atoms with Gasteiger partial charge in [-0.05, 0) is 30.5 Å². The average Bonchev–Trinajstić information content (AvgIpc) is 2.52. The van der Waals surface area contributed by atoms with Gasteiger partial charge in [-0.25, -0.2) is 9.59 Å². The van der Waals surface area contributed by atoms with Crippen LogP contribution in [0.2, 0.25) is 0 Å². The van der Waals surface area contributed by atoms with Crippen LogP contribution in [0.15, 0.2) is 60.7 Å². The third-order valence-corrected chi connectivity index (χ3v) is 3.07. The van der Waals surface area contributed by atoms with Crippen LogP contribution in [0.3, 0.4) is 0 Å². The van der Waals surface area contributed by atoms with Gasteiger partial charge in [-0.1, -0.05) is 48.5 Å². The Labute approximate surface area is 123 Å². The zero-order chi connectivity index (χ0) is 15.1. The van der Waals surface area contributed by atoms with Gasteiger partial charge in [0.15, 0.2) is 6.10 Å². The van der Waals surface area contributed by atoms with Crippen LogP contribution in [0, 0.1) is 0 Å². The molecule has 21 heavy (non-hydrogen) atoms. The van der Waals surface area contributed by atoms with Crippen LogP contribution in [0.5, 0.6) is 0 Å². The van der Waals surface area contributed by atoms with Gasteiger partial charge in [0.05, 0.1) is 5.56 Å². The van der Waals surface area contributed by atoms with E-state index in [1.165, 1.54) is 0 Å². The summed E-state index contributed by atoms with van der Waals surface area (Å²) in [4.78, 5) is 23.1. The molecular formula is C17H16O4. The first kappa shape index (κ1) is 14.8. The summed E-state index contributed by atoms with van der Waals surface area (Å²) in [5.41, 5.74) is 1.36. The first-order chi connectivity index (χ1) is 10.2. The van der Waals surface area contributed by atoms with Crippen molar-refractivity contribution in [1.29, 1.82) is 0 Å². The first-order valence-corrected chi connectivity index (χ1v) is 6.69. The number of carbonyl (C=O) groups excluding carboxylic acids is 1. The number of aliphatic carboxylic acids is 1. The van der Waals surface area contributed by atoms with Crippen molar-refractivity contribution in [2.24, 2.45) is 0 Å². The molecule has 0 spiro atoms. The molecule has 0 fully saturated rings. The predicted molar refractivity (Wildman–Crippen MR) is 78.0 cm³/mol. The van der Waals surface area contributed by atoms with E-state index in [1.807, 2.05) is 30.3 Å². The van der Waals surface area contributed by atoms with Crippen LogP contribution >= 0.6 is 0 Å². The molecule has 1 atom stereocenters. The maximum atomic E-state index is 11.9. The largest absolute Gasteiger partial charge is 0.479 e. The monoisotopic (exact) mass is 284 g/mol. The molecule has 1 N–H and O–H groups in total. The molecule has 0 amide bonds. The maximum Gasteiger partial charge on any atom is 0.345 e. The van der Waals surface area contributed by atoms with E-state index in [0.717, 1.165) is 5.56 Å². The molecule has 0 saturated carbocycles. The molecule has 2 aromatic carbocycles. The van der Waals surface area contributed by atoms with Crippen LogP contribution in [0.25, 0.3) is 0 Å². The Morgan fingerprint density at radius 2 is 1.52 bits per heavy atom. The highest BCUT2D eigenvalue weighted by Gasteiger charge is 2.22. The third-order valence-electron chi connectivity index (χ3n) is 3.07. The van der Waals surface area contributed by atoms with Crippen molar-refractivity contribution < 1.29 is 19.4 Å². The number of aryl methyl sites for hydroxylation is 1. The van der Waals surface area contributed by atoms with Crippen LogP contribution in [-0.2, 0) is 16.0 Å². The Morgan fingerprint density at radius 3 is 2.10 bits per heavy atom. The molecule has 1 unspecified atom stereocenters. The molecule has 0 saturated heterocycles. The predicted octanol–water partition coefficient (Wildman–Crippen LogP) is 2.93. The molecule has 0 aliphatic rings. The first-order valence-electron chi connectivity index (χ1n) is 6.69. The van der Waals surface area contributed by atoms with Crippen molar-refractivity contribution in [1.82, 2.24) is 0 Å². The van der Waals surface area contributed by atoms with Crippen LogP contribution < -0.4 is 0 Å². The highest BCUT2D eigenvalue weighted by atomic mass is 16.6. The van der Waals surface area contributed by atoms with Crippen LogP contribution in [0.1, 0.15) is 22.3 Å². The minimum absolute atomic E-state index is 0.248. The summed E-state index contributed by atoms with van der Waals surface area (Å²) in [5.74, 6) is -1.74. The standard InChI is InChI=1S/C17H16O4/c18-16(19)15(12-11-13-7-3-1-4-8-13)21-17(20)14-9-5-2-6-10-14/h1-10,15H,11-12H2,(H,18,19). The number of carboxylic acid groups (broad SMARTS) is 1. The zero-order valence-corrected chi connectivity index (χ0v) is 11.4. The summed E-state index contributed by atoms with van der Waals surface area (Å²) in [6.07, 6.45) is -0.351. The van der Waals surface area contributed by atoms with Crippen molar-refractivity contribution in [3.63, 3.8) is 0 Å². The van der Waals surface area contributed by atoms with E-state index in [9.17, 15) is 9.59 Å². The number of hydrogen-bond donors (Lipinski definition) is 1. The van der Waals surface area contributed by atoms with E-state index in [-0.39, 0.29) is 6.42 Å². The van der Waals surface area contributed by atoms with Gasteiger partial charge in [-0.15, -0.1) is 0 Å². The molecule has 0 bridgehead atoms. The number of hydrogen-bond acceptors (Lipinski definition) is 3. The fraction of sp³-hybridized carbons (Fsp3) is 0.176. The molecule has 4 heteroatoms. The lowest BCUT2D eigenvalue weighted by Crippen LogP contribution is -2.27. The minimum Gasteiger partial charge on any atom is -0.479 e. The Hall–Kier alpha value is -2.62. The Morgan fingerprint density at radius 1 is 0.952 bits per heavy atom. The molecule has 4 nitrogen and oxygen atoms in total. The second-order valence-corrected chi connectivity index (χ2v) is 4.62. The summed E-state index contributed by atoms with van der Waals surface area (Å²) in [6.45, 7) is 0. The smallest absolute Gasteiger partial charge is 0.345 e. The summed E-state index contributed by atoms with van der Waals surface area (Å²) in [6, 6.07) is 17.9. The van der Waals surface area contributed by atoms with E-state index in [4.69, 9.17) is 9.84 Å². The molecule has 0 aliphatic heterocycles. The molecule has 2 rings (SSSR count). The van der Waals surface area contributed by atoms with Crippen molar-refractivity contribution in [3.8, 4) is 0 Å². The molecule has 0 aromatic heterocycles. The Balaban J connectivity index is 1.96. The lowest BCUT2D eigenvalue weighted by molar-refractivity contribution is -0.147. The molecule has 0 heterocycles. The topological polar surface area (TPSA) is 63.6 Å². The van der Waals surface area contributed by atoms with Gasteiger partial charge in [-0.3, -0.25) is 0 Å². The number of carboxylic acids is 1. The van der Waals surface area contributed by atoms with Crippen LogP contribution in [-0.4, -0.2) is 23.1 Å². The Kier molecular flexibility index (Phi) is 5.10. The second-order valence-electron chi connectivity index (χ2n) is 4.62. The second kappa shape index (κ2) is 7.24. The quantitative estimate of drug-likeness (QED) is 0.828. The van der Waals surface area contributed by atoms with Crippen LogP contribution in [0.4, 0.5) is 0 Å². The van der Waals surface area contributed by atoms with Gasteiger partial charge < -0.3 is 9.84 Å². The Bertz CT molecular complexity index is 593. The number of benzene rings is 2. The van der Waals surface area contributed by atoms with E-state index in [1.54, 1.807) is 30.3 Å². The van der Waals surface area contributed by atoms with Crippen molar-refractivity contribution in [3.05, 3.63) is 71.8 Å². The normalized spacial score (nSPS) is 11.6. The number of rotatable bonds is 6. The number of carbonyl (C=O) groups is 2. The number of ether oxygens (including phenoxy) is 1. The maximum absolute atomic E-state index is 11.9. The third kappa shape index (κ3) is 4.45. The summed E-state index contributed by atoms with van der Waals surface area (Å²) in [7, 11) is 0. The van der Waals surface area contributed by atoms with Crippen molar-refractivity contribution in [2.75, 3.05) is 0 Å². The van der Waals surface area contributed by atoms with E-state index in [2.05, 4.69) is 0 Å². The highest BCUT2D eigenvalue weighted by molar-refractivity contribution is 5.91. The van der Waals surface area contributed by atoms with Gasteiger partial charge >= 0.3 is 11.9 Å². The highest BCUT2D eigenvalue weighted by Crippen LogP contribution is 2.11. The lowest BCUT2D eigenvalue weighted by atomic mass is 10.1. The summed E-state index contributed by atoms with van der Waals surface area (Å²) < 4.78 is 5.08. The van der Waals surface area contributed by atoms with E-state index >= 15 is 0 Å². The minimum atomic E-state index is -1.14. The van der Waals surface area contributed by atoms with Crippen molar-refractivity contribution >= 4 is 11.9 Å². The number of esters is 1. The van der Waals surface area contributed by atoms with Crippen molar-refractivity contribution in [2.45, 2.75) is 18.9 Å². The van der Waals surface area contributed by atoms with E-state index in [0.29, 0.717) is 12.0 Å². The average molecular weight is 284 g/mol. The lowest BCUT2D eigenvalue weighted by Gasteiger charge is -2.13. The van der Waals surface area contributed by atoms with Gasteiger partial charge in [0.25, 0.3) is 0 Å². The SMILES string of the molecule is O=C(OC(CCc1ccccc1)C(=O)O)c1ccccc1. The molecule has 108 valence electrons. The van der Waals surface area contributed by atoms with Gasteiger partial charge in [0.1, 0.15) is 0 Å². The fourth-order valence-corrected chi connectivity index (χ4v) is 1.95. The molecular weight excluding hydrogens is 268 g/mol. The van der Waals surface area contributed by atoms with Gasteiger partial charge in [-0.2, -0.15) is 0 Å². The van der Waals surface area contributed by atoms with E-state index < -0.39 is 18.0 Å². The zero-order valence-electron chi connectivity index (χ0n) is 11.4. The molecule has 0 radical (unpaired) electrons. The fourth-order valence-electron chi connectivity index (χ4n) is 1.95.